The van der Waals surface area contributed by atoms with Crippen LogP contribution in [0.4, 0.5) is 0 Å². The van der Waals surface area contributed by atoms with Gasteiger partial charge in [0, 0.05) is 5.92 Å². The van der Waals surface area contributed by atoms with Crippen LogP contribution in [0.5, 0.6) is 11.5 Å². The summed E-state index contributed by atoms with van der Waals surface area (Å²) in [5.41, 5.74) is 3.02. The summed E-state index contributed by atoms with van der Waals surface area (Å²) in [6.07, 6.45) is 3.49. The van der Waals surface area contributed by atoms with Crippen molar-refractivity contribution in [3.8, 4) is 11.5 Å². The van der Waals surface area contributed by atoms with Crippen LogP contribution in [0, 0.1) is 15.4 Å². The van der Waals surface area contributed by atoms with Gasteiger partial charge in [-0.2, -0.15) is 0 Å². The highest BCUT2D eigenvalue weighted by Crippen LogP contribution is 2.34. The van der Waals surface area contributed by atoms with Crippen LogP contribution in [0.2, 0.25) is 0 Å². The lowest BCUT2D eigenvalue weighted by Crippen LogP contribution is -2.33. The molecule has 0 saturated heterocycles. The van der Waals surface area contributed by atoms with Gasteiger partial charge in [-0.05, 0) is 70.2 Å². The van der Waals surface area contributed by atoms with Crippen molar-refractivity contribution >= 4 is 34.2 Å². The molecule has 0 aliphatic rings. The molecule has 0 saturated carbocycles. The van der Waals surface area contributed by atoms with Crippen molar-refractivity contribution in [3.05, 3.63) is 69.8 Å². The minimum atomic E-state index is -0.693. The van der Waals surface area contributed by atoms with Gasteiger partial charge in [0.25, 0.3) is 0 Å². The van der Waals surface area contributed by atoms with Crippen LogP contribution in [-0.2, 0) is 0 Å². The van der Waals surface area contributed by atoms with Crippen molar-refractivity contribution < 1.29 is 20.1 Å². The van der Waals surface area contributed by atoms with Gasteiger partial charge in [0.2, 0.25) is 0 Å². The number of aliphatic hydroxyl groups is 2. The Balaban J connectivity index is 2.33. The molecule has 0 amide bonds. The normalized spacial score (nSPS) is 15.0. The van der Waals surface area contributed by atoms with E-state index < -0.39 is 12.2 Å². The van der Waals surface area contributed by atoms with Gasteiger partial charge in [0.05, 0.1) is 22.9 Å². The number of allylic oxidation sites excluding steroid dienone is 1. The molecule has 0 radical (unpaired) electrons. The number of ether oxygens (including phenoxy) is 1. The van der Waals surface area contributed by atoms with E-state index in [-0.39, 0.29) is 17.6 Å². The second-order valence-corrected chi connectivity index (χ2v) is 8.91. The standard InChI is InChI=1S/C25H31IO4/c1-5-20(24(28)16(2)3)22(27)12-11-19(18-9-7-6-8-10-18)13-17-14-21(26)25(29)23(15-17)30-4/h5-10,13-16,20,22,24,27-29H,1,11-12H2,2-4H3/b19-13-/t20-,22-,24-/m1/s1. The molecular formula is C25H31IO4. The average molecular weight is 522 g/mol. The molecule has 0 aromatic heterocycles. The molecule has 3 atom stereocenters. The van der Waals surface area contributed by atoms with Crippen LogP contribution in [0.15, 0.2) is 55.1 Å². The van der Waals surface area contributed by atoms with E-state index in [1.165, 1.54) is 7.11 Å². The molecule has 30 heavy (non-hydrogen) atoms. The number of rotatable bonds is 10. The fourth-order valence-corrected chi connectivity index (χ4v) is 4.08. The zero-order chi connectivity index (χ0) is 22.3. The van der Waals surface area contributed by atoms with Crippen LogP contribution in [0.25, 0.3) is 11.6 Å². The maximum atomic E-state index is 10.7. The Bertz CT molecular complexity index is 861. The number of aromatic hydroxyl groups is 1. The Kier molecular flexibility index (Phi) is 9.39. The second kappa shape index (κ2) is 11.5. The minimum absolute atomic E-state index is 0.0401. The maximum Gasteiger partial charge on any atom is 0.171 e. The monoisotopic (exact) mass is 522 g/mol. The van der Waals surface area contributed by atoms with Crippen molar-refractivity contribution in [1.29, 1.82) is 0 Å². The first-order valence-corrected chi connectivity index (χ1v) is 11.2. The van der Waals surface area contributed by atoms with E-state index in [1.54, 1.807) is 12.1 Å². The zero-order valence-electron chi connectivity index (χ0n) is 17.8. The number of hydrogen-bond donors (Lipinski definition) is 3. The minimum Gasteiger partial charge on any atom is -0.504 e. The number of benzene rings is 2. The summed E-state index contributed by atoms with van der Waals surface area (Å²) in [4.78, 5) is 0. The molecule has 0 aliphatic heterocycles. The molecular weight excluding hydrogens is 491 g/mol. The molecule has 0 unspecified atom stereocenters. The molecule has 2 rings (SSSR count). The van der Waals surface area contributed by atoms with E-state index in [9.17, 15) is 15.3 Å². The Morgan fingerprint density at radius 1 is 1.17 bits per heavy atom. The number of phenols is 1. The van der Waals surface area contributed by atoms with Crippen molar-refractivity contribution in [1.82, 2.24) is 0 Å². The summed E-state index contributed by atoms with van der Waals surface area (Å²) in [6.45, 7) is 7.67. The van der Waals surface area contributed by atoms with E-state index in [4.69, 9.17) is 4.74 Å². The summed E-state index contributed by atoms with van der Waals surface area (Å²) in [6, 6.07) is 13.7. The van der Waals surface area contributed by atoms with Gasteiger partial charge in [0.1, 0.15) is 0 Å². The fraction of sp³-hybridized carbons (Fsp3) is 0.360. The second-order valence-electron chi connectivity index (χ2n) is 7.74. The Hall–Kier alpha value is -1.83. The first-order chi connectivity index (χ1) is 14.3. The van der Waals surface area contributed by atoms with Crippen LogP contribution in [0.1, 0.15) is 37.8 Å². The molecule has 0 aliphatic carbocycles. The summed E-state index contributed by atoms with van der Waals surface area (Å²) >= 11 is 2.08. The predicted molar refractivity (Wildman–Crippen MR) is 131 cm³/mol. The molecule has 0 bridgehead atoms. The Morgan fingerprint density at radius 3 is 2.40 bits per heavy atom. The molecule has 0 fully saturated rings. The molecule has 3 N–H and O–H groups in total. The lowest BCUT2D eigenvalue weighted by molar-refractivity contribution is 0.00939. The van der Waals surface area contributed by atoms with Gasteiger partial charge in [-0.15, -0.1) is 6.58 Å². The van der Waals surface area contributed by atoms with Crippen molar-refractivity contribution in [2.24, 2.45) is 11.8 Å². The summed E-state index contributed by atoms with van der Waals surface area (Å²) < 4.78 is 5.99. The van der Waals surface area contributed by atoms with E-state index in [2.05, 4.69) is 29.2 Å². The number of methoxy groups -OCH3 is 1. The van der Waals surface area contributed by atoms with Gasteiger partial charge >= 0.3 is 0 Å². The van der Waals surface area contributed by atoms with Gasteiger partial charge in [-0.25, -0.2) is 0 Å². The molecule has 5 heteroatoms. The topological polar surface area (TPSA) is 69.9 Å². The highest BCUT2D eigenvalue weighted by Gasteiger charge is 2.26. The number of phenolic OH excluding ortho intramolecular Hbond substituents is 1. The van der Waals surface area contributed by atoms with Gasteiger partial charge in [0.15, 0.2) is 11.5 Å². The fourth-order valence-electron chi connectivity index (χ4n) is 3.45. The predicted octanol–water partition coefficient (Wildman–Crippen LogP) is 5.51. The van der Waals surface area contributed by atoms with E-state index in [0.717, 1.165) is 16.7 Å². The quantitative estimate of drug-likeness (QED) is 0.219. The first kappa shape index (κ1) is 24.4. The molecule has 4 nitrogen and oxygen atoms in total. The summed E-state index contributed by atoms with van der Waals surface area (Å²) in [5, 5.41) is 31.3. The van der Waals surface area contributed by atoms with Crippen molar-refractivity contribution in [2.75, 3.05) is 7.11 Å². The Morgan fingerprint density at radius 2 is 1.83 bits per heavy atom. The van der Waals surface area contributed by atoms with E-state index in [0.29, 0.717) is 22.2 Å². The SMILES string of the molecule is C=C[C@H]([C@H](O)CC/C(=C/c1cc(I)c(O)c(OC)c1)c1ccccc1)[C@H](O)C(C)C. The summed E-state index contributed by atoms with van der Waals surface area (Å²) in [5.74, 6) is 0.214. The van der Waals surface area contributed by atoms with Crippen LogP contribution < -0.4 is 4.74 Å². The molecule has 2 aromatic carbocycles. The molecule has 0 heterocycles. The van der Waals surface area contributed by atoms with E-state index in [1.807, 2.05) is 56.3 Å². The third kappa shape index (κ3) is 6.33. The Labute approximate surface area is 193 Å². The van der Waals surface area contributed by atoms with Crippen molar-refractivity contribution in [3.63, 3.8) is 0 Å². The van der Waals surface area contributed by atoms with E-state index >= 15 is 0 Å². The van der Waals surface area contributed by atoms with Gasteiger partial charge in [-0.1, -0.05) is 56.3 Å². The van der Waals surface area contributed by atoms with Crippen LogP contribution >= 0.6 is 22.6 Å². The highest BCUT2D eigenvalue weighted by atomic mass is 127. The lowest BCUT2D eigenvalue weighted by Gasteiger charge is -2.27. The smallest absolute Gasteiger partial charge is 0.171 e. The molecule has 0 spiro atoms. The first-order valence-electron chi connectivity index (χ1n) is 10.1. The number of hydrogen-bond acceptors (Lipinski definition) is 4. The van der Waals surface area contributed by atoms with Gasteiger partial charge in [-0.3, -0.25) is 0 Å². The van der Waals surface area contributed by atoms with Gasteiger partial charge < -0.3 is 20.1 Å². The third-order valence-corrected chi connectivity index (χ3v) is 6.08. The van der Waals surface area contributed by atoms with Crippen molar-refractivity contribution in [2.45, 2.75) is 38.9 Å². The molecule has 162 valence electrons. The summed E-state index contributed by atoms with van der Waals surface area (Å²) in [7, 11) is 1.53. The molecule has 2 aromatic rings. The average Bonchev–Trinajstić information content (AvgIpc) is 2.74. The lowest BCUT2D eigenvalue weighted by atomic mass is 9.85. The van der Waals surface area contributed by atoms with Crippen LogP contribution in [0.3, 0.4) is 0 Å². The largest absolute Gasteiger partial charge is 0.504 e. The number of halogens is 1. The zero-order valence-corrected chi connectivity index (χ0v) is 19.9. The van der Waals surface area contributed by atoms with Crippen LogP contribution in [-0.4, -0.2) is 34.6 Å². The third-order valence-electron chi connectivity index (χ3n) is 5.26. The highest BCUT2D eigenvalue weighted by molar-refractivity contribution is 14.1. The maximum absolute atomic E-state index is 10.7. The number of aliphatic hydroxyl groups excluding tert-OH is 2.